The normalized spacial score (nSPS) is 18.5. The largest absolute Gasteiger partial charge is 0.497 e. The molecule has 1 aliphatic heterocycles. The molecule has 2 heterocycles. The monoisotopic (exact) mass is 415 g/mol. The third kappa shape index (κ3) is 3.10. The molecule has 1 fully saturated rings. The Kier molecular flexibility index (Phi) is 4.46. The molecule has 0 radical (unpaired) electrons. The molecule has 0 spiro atoms. The zero-order valence-electron chi connectivity index (χ0n) is 17.1. The van der Waals surface area contributed by atoms with Crippen molar-refractivity contribution in [2.24, 2.45) is 0 Å². The quantitative estimate of drug-likeness (QED) is 0.614. The van der Waals surface area contributed by atoms with E-state index in [0.29, 0.717) is 5.46 Å². The number of benzene rings is 2. The molecule has 0 unspecified atom stereocenters. The minimum atomic E-state index is -3.93. The molecule has 152 valence electrons. The molecule has 2 aromatic carbocycles. The third-order valence-electron chi connectivity index (χ3n) is 5.86. The van der Waals surface area contributed by atoms with Crippen LogP contribution in [0.2, 0.25) is 0 Å². The molecule has 3 aromatic rings. The number of hydrogen-bond donors (Lipinski definition) is 0. The van der Waals surface area contributed by atoms with Crippen LogP contribution in [0.4, 0.5) is 4.39 Å². The summed E-state index contributed by atoms with van der Waals surface area (Å²) in [7, 11) is -4.81. The fourth-order valence-electron chi connectivity index (χ4n) is 3.41. The van der Waals surface area contributed by atoms with E-state index in [-0.39, 0.29) is 15.8 Å². The molecule has 0 N–H and O–H groups in total. The van der Waals surface area contributed by atoms with Gasteiger partial charge in [-0.3, -0.25) is 0 Å². The van der Waals surface area contributed by atoms with E-state index in [1.54, 1.807) is 30.3 Å². The second-order valence-corrected chi connectivity index (χ2v) is 10.2. The summed E-state index contributed by atoms with van der Waals surface area (Å²) in [4.78, 5) is 0.129. The second kappa shape index (κ2) is 6.42. The van der Waals surface area contributed by atoms with Gasteiger partial charge in [0.1, 0.15) is 5.82 Å². The van der Waals surface area contributed by atoms with Gasteiger partial charge in [-0.05, 0) is 58.9 Å². The van der Waals surface area contributed by atoms with E-state index < -0.39 is 34.2 Å². The Bertz CT molecular complexity index is 1180. The van der Waals surface area contributed by atoms with Gasteiger partial charge in [-0.15, -0.1) is 0 Å². The highest BCUT2D eigenvalue weighted by Gasteiger charge is 2.52. The lowest BCUT2D eigenvalue weighted by atomic mass is 9.79. The Morgan fingerprint density at radius 3 is 2.14 bits per heavy atom. The maximum atomic E-state index is 14.8. The summed E-state index contributed by atoms with van der Waals surface area (Å²) in [5.74, 6) is -0.523. The molecule has 5 nitrogen and oxygen atoms in total. The van der Waals surface area contributed by atoms with Gasteiger partial charge in [-0.1, -0.05) is 23.8 Å². The van der Waals surface area contributed by atoms with Crippen LogP contribution in [-0.4, -0.2) is 30.7 Å². The predicted octanol–water partition coefficient (Wildman–Crippen LogP) is 3.63. The first kappa shape index (κ1) is 20.1. The van der Waals surface area contributed by atoms with Gasteiger partial charge in [0.15, 0.2) is 0 Å². The van der Waals surface area contributed by atoms with E-state index in [1.165, 1.54) is 18.3 Å². The highest BCUT2D eigenvalue weighted by Crippen LogP contribution is 2.37. The smallest absolute Gasteiger partial charge is 0.399 e. The van der Waals surface area contributed by atoms with Crippen molar-refractivity contribution >= 4 is 33.5 Å². The lowest BCUT2D eigenvalue weighted by Crippen LogP contribution is -2.41. The van der Waals surface area contributed by atoms with Crippen molar-refractivity contribution in [1.82, 2.24) is 3.97 Å². The zero-order valence-corrected chi connectivity index (χ0v) is 17.9. The topological polar surface area (TPSA) is 57.5 Å². The van der Waals surface area contributed by atoms with Crippen molar-refractivity contribution in [1.29, 1.82) is 0 Å². The van der Waals surface area contributed by atoms with Crippen LogP contribution in [0.15, 0.2) is 53.6 Å². The van der Waals surface area contributed by atoms with Gasteiger partial charge in [0.05, 0.1) is 21.6 Å². The highest BCUT2D eigenvalue weighted by atomic mass is 32.2. The Morgan fingerprint density at radius 2 is 1.55 bits per heavy atom. The van der Waals surface area contributed by atoms with E-state index in [1.807, 2.05) is 34.6 Å². The lowest BCUT2D eigenvalue weighted by Gasteiger charge is -2.32. The van der Waals surface area contributed by atoms with Crippen LogP contribution in [0.3, 0.4) is 0 Å². The number of fused-ring (bicyclic) bond motifs is 1. The Hall–Kier alpha value is -2.16. The molecule has 0 bridgehead atoms. The van der Waals surface area contributed by atoms with Crippen molar-refractivity contribution < 1.29 is 22.1 Å². The summed E-state index contributed by atoms with van der Waals surface area (Å²) in [5, 5.41) is 0.182. The average molecular weight is 415 g/mol. The number of aromatic nitrogens is 1. The molecule has 4 rings (SSSR count). The van der Waals surface area contributed by atoms with Crippen LogP contribution in [-0.2, 0) is 19.3 Å². The van der Waals surface area contributed by atoms with Gasteiger partial charge in [0.25, 0.3) is 10.0 Å². The first-order valence-corrected chi connectivity index (χ1v) is 10.9. The van der Waals surface area contributed by atoms with Crippen molar-refractivity contribution in [2.75, 3.05) is 0 Å². The Morgan fingerprint density at radius 1 is 0.966 bits per heavy atom. The summed E-state index contributed by atoms with van der Waals surface area (Å²) in [5.41, 5.74) is 0.286. The first-order chi connectivity index (χ1) is 13.4. The molecule has 1 saturated heterocycles. The standard InChI is InChI=1S/C21H23BFNO4S/c1-14-9-11-15(12-10-14)29(25,26)24-13-16(19-17(23)7-6-8-18(19)24)22-27-20(2,3)21(4,5)28-22/h6-13H,1-5H3. The second-order valence-electron chi connectivity index (χ2n) is 8.42. The summed E-state index contributed by atoms with van der Waals surface area (Å²) >= 11 is 0. The third-order valence-corrected chi connectivity index (χ3v) is 7.55. The number of nitrogens with zero attached hydrogens (tertiary/aromatic N) is 1. The fourth-order valence-corrected chi connectivity index (χ4v) is 4.78. The Labute approximate surface area is 170 Å². The van der Waals surface area contributed by atoms with E-state index in [9.17, 15) is 12.8 Å². The molecule has 1 aromatic heterocycles. The maximum Gasteiger partial charge on any atom is 0.497 e. The maximum absolute atomic E-state index is 14.8. The molecule has 29 heavy (non-hydrogen) atoms. The zero-order chi connectivity index (χ0) is 21.2. The molecule has 8 heteroatoms. The molecular formula is C21H23BFNO4S. The van der Waals surface area contributed by atoms with Crippen molar-refractivity contribution in [2.45, 2.75) is 50.7 Å². The number of rotatable bonds is 3. The van der Waals surface area contributed by atoms with Gasteiger partial charge in [-0.25, -0.2) is 16.8 Å². The van der Waals surface area contributed by atoms with Crippen LogP contribution < -0.4 is 5.46 Å². The number of aryl methyl sites for hydroxylation is 1. The first-order valence-electron chi connectivity index (χ1n) is 9.41. The summed E-state index contributed by atoms with van der Waals surface area (Å²) in [6.07, 6.45) is 1.41. The highest BCUT2D eigenvalue weighted by molar-refractivity contribution is 7.90. The van der Waals surface area contributed by atoms with Crippen molar-refractivity contribution in [3.8, 4) is 0 Å². The van der Waals surface area contributed by atoms with Crippen LogP contribution >= 0.6 is 0 Å². The number of halogens is 1. The van der Waals surface area contributed by atoms with Crippen LogP contribution in [0.25, 0.3) is 10.9 Å². The fraction of sp³-hybridized carbons (Fsp3) is 0.333. The summed E-state index contributed by atoms with van der Waals surface area (Å²) in [6.45, 7) is 9.46. The molecule has 1 aliphatic rings. The van der Waals surface area contributed by atoms with Crippen LogP contribution in [0.1, 0.15) is 33.3 Å². The van der Waals surface area contributed by atoms with E-state index in [0.717, 1.165) is 9.54 Å². The van der Waals surface area contributed by atoms with Crippen LogP contribution in [0, 0.1) is 12.7 Å². The molecule has 0 atom stereocenters. The van der Waals surface area contributed by atoms with Gasteiger partial charge in [-0.2, -0.15) is 0 Å². The number of hydrogen-bond acceptors (Lipinski definition) is 4. The van der Waals surface area contributed by atoms with Gasteiger partial charge < -0.3 is 9.31 Å². The lowest BCUT2D eigenvalue weighted by molar-refractivity contribution is 0.00578. The summed E-state index contributed by atoms with van der Waals surface area (Å²) in [6, 6.07) is 10.9. The van der Waals surface area contributed by atoms with Crippen molar-refractivity contribution in [3.63, 3.8) is 0 Å². The molecule has 0 amide bonds. The van der Waals surface area contributed by atoms with Gasteiger partial charge in [0.2, 0.25) is 0 Å². The summed E-state index contributed by atoms with van der Waals surface area (Å²) < 4.78 is 54.7. The molecule has 0 saturated carbocycles. The van der Waals surface area contributed by atoms with Gasteiger partial charge in [0, 0.05) is 17.0 Å². The minimum Gasteiger partial charge on any atom is -0.399 e. The molecule has 0 aliphatic carbocycles. The SMILES string of the molecule is Cc1ccc(S(=O)(=O)n2cc(B3OC(C)(C)C(C)(C)O3)c3c(F)cccc32)cc1. The van der Waals surface area contributed by atoms with Crippen LogP contribution in [0.5, 0.6) is 0 Å². The molecular weight excluding hydrogens is 392 g/mol. The Balaban J connectivity index is 1.92. The van der Waals surface area contributed by atoms with E-state index in [2.05, 4.69) is 0 Å². The van der Waals surface area contributed by atoms with Crippen molar-refractivity contribution in [3.05, 3.63) is 60.0 Å². The minimum absolute atomic E-state index is 0.129. The predicted molar refractivity (Wildman–Crippen MR) is 111 cm³/mol. The van der Waals surface area contributed by atoms with E-state index >= 15 is 0 Å². The average Bonchev–Trinajstić information content (AvgIpc) is 3.12. The van der Waals surface area contributed by atoms with Gasteiger partial charge >= 0.3 is 7.12 Å². The van der Waals surface area contributed by atoms with E-state index in [4.69, 9.17) is 9.31 Å².